The summed E-state index contributed by atoms with van der Waals surface area (Å²) in [4.78, 5) is 28.1. The lowest BCUT2D eigenvalue weighted by Gasteiger charge is -2.08. The molecule has 2 rings (SSSR count). The zero-order chi connectivity index (χ0) is 15.1. The highest BCUT2D eigenvalue weighted by Gasteiger charge is 2.10. The second-order valence-corrected chi connectivity index (χ2v) is 4.95. The summed E-state index contributed by atoms with van der Waals surface area (Å²) in [7, 11) is 1.35. The van der Waals surface area contributed by atoms with E-state index in [1.54, 1.807) is 23.3 Å². The minimum Gasteiger partial charge on any atom is -0.468 e. The normalized spacial score (nSPS) is 10.4. The third-order valence-corrected chi connectivity index (χ3v) is 3.24. The summed E-state index contributed by atoms with van der Waals surface area (Å²) in [5.74, 6) is 0.751. The SMILES string of the molecule is CCCNc1nc(SCC(=O)OC)nc(-n2ccnc2)n1. The fourth-order valence-corrected chi connectivity index (χ4v) is 2.06. The van der Waals surface area contributed by atoms with Gasteiger partial charge in [-0.1, -0.05) is 18.7 Å². The highest BCUT2D eigenvalue weighted by atomic mass is 32.2. The predicted molar refractivity (Wildman–Crippen MR) is 78.5 cm³/mol. The van der Waals surface area contributed by atoms with E-state index in [1.807, 2.05) is 0 Å². The number of aromatic nitrogens is 5. The van der Waals surface area contributed by atoms with Crippen molar-refractivity contribution in [2.45, 2.75) is 18.5 Å². The smallest absolute Gasteiger partial charge is 0.316 e. The molecular weight excluding hydrogens is 292 g/mol. The van der Waals surface area contributed by atoms with Crippen molar-refractivity contribution in [2.24, 2.45) is 0 Å². The van der Waals surface area contributed by atoms with E-state index in [-0.39, 0.29) is 11.7 Å². The van der Waals surface area contributed by atoms with Gasteiger partial charge in [0.2, 0.25) is 11.9 Å². The molecule has 0 saturated heterocycles. The highest BCUT2D eigenvalue weighted by Crippen LogP contribution is 2.16. The Hall–Kier alpha value is -2.16. The average molecular weight is 308 g/mol. The first-order valence-electron chi connectivity index (χ1n) is 6.40. The van der Waals surface area contributed by atoms with E-state index in [2.05, 4.69) is 36.9 Å². The van der Waals surface area contributed by atoms with Gasteiger partial charge in [0, 0.05) is 18.9 Å². The lowest BCUT2D eigenvalue weighted by Crippen LogP contribution is -2.11. The van der Waals surface area contributed by atoms with Crippen molar-refractivity contribution in [1.29, 1.82) is 0 Å². The fourth-order valence-electron chi connectivity index (χ4n) is 1.40. The van der Waals surface area contributed by atoms with Crippen LogP contribution in [0.4, 0.5) is 5.95 Å². The molecule has 0 aromatic carbocycles. The van der Waals surface area contributed by atoms with E-state index in [9.17, 15) is 4.79 Å². The molecular formula is C12H16N6O2S. The number of nitrogens with zero attached hydrogens (tertiary/aromatic N) is 5. The summed E-state index contributed by atoms with van der Waals surface area (Å²) in [5, 5.41) is 3.57. The number of thioether (sulfide) groups is 1. The lowest BCUT2D eigenvalue weighted by atomic mass is 10.5. The van der Waals surface area contributed by atoms with Gasteiger partial charge >= 0.3 is 5.97 Å². The molecule has 0 unspecified atom stereocenters. The summed E-state index contributed by atoms with van der Waals surface area (Å²) in [6, 6.07) is 0. The van der Waals surface area contributed by atoms with Crippen molar-refractivity contribution in [3.63, 3.8) is 0 Å². The Balaban J connectivity index is 2.22. The van der Waals surface area contributed by atoms with Crippen molar-refractivity contribution in [2.75, 3.05) is 24.7 Å². The van der Waals surface area contributed by atoms with Gasteiger partial charge in [0.05, 0.1) is 12.9 Å². The number of imidazole rings is 1. The number of hydrogen-bond acceptors (Lipinski definition) is 8. The van der Waals surface area contributed by atoms with E-state index >= 15 is 0 Å². The average Bonchev–Trinajstić information content (AvgIpc) is 3.04. The molecule has 0 fully saturated rings. The number of ether oxygens (including phenoxy) is 1. The monoisotopic (exact) mass is 308 g/mol. The molecule has 21 heavy (non-hydrogen) atoms. The third-order valence-electron chi connectivity index (χ3n) is 2.42. The molecule has 8 nitrogen and oxygen atoms in total. The Bertz CT molecular complexity index is 589. The zero-order valence-electron chi connectivity index (χ0n) is 11.8. The Morgan fingerprint density at radius 1 is 1.43 bits per heavy atom. The van der Waals surface area contributed by atoms with Gasteiger partial charge in [-0.3, -0.25) is 9.36 Å². The number of hydrogen-bond donors (Lipinski definition) is 1. The quantitative estimate of drug-likeness (QED) is 0.601. The summed E-state index contributed by atoms with van der Waals surface area (Å²) in [6.45, 7) is 2.81. The van der Waals surface area contributed by atoms with Gasteiger partial charge in [-0.2, -0.15) is 15.0 Å². The molecule has 0 aliphatic heterocycles. The van der Waals surface area contributed by atoms with Crippen LogP contribution in [0.2, 0.25) is 0 Å². The molecule has 0 bridgehead atoms. The van der Waals surface area contributed by atoms with Crippen LogP contribution in [-0.2, 0) is 9.53 Å². The van der Waals surface area contributed by atoms with Gasteiger partial charge in [0.15, 0.2) is 5.16 Å². The first kappa shape index (κ1) is 15.2. The van der Waals surface area contributed by atoms with Crippen molar-refractivity contribution >= 4 is 23.7 Å². The zero-order valence-corrected chi connectivity index (χ0v) is 12.6. The van der Waals surface area contributed by atoms with E-state index in [4.69, 9.17) is 0 Å². The second-order valence-electron chi connectivity index (χ2n) is 4.00. The standard InChI is InChI=1S/C12H16N6O2S/c1-3-4-14-10-15-11(18-6-5-13-8-18)17-12(16-10)21-7-9(19)20-2/h5-6,8H,3-4,7H2,1-2H3,(H,14,15,16,17). The number of esters is 1. The summed E-state index contributed by atoms with van der Waals surface area (Å²) < 4.78 is 6.29. The topological polar surface area (TPSA) is 94.8 Å². The van der Waals surface area contributed by atoms with Crippen molar-refractivity contribution in [1.82, 2.24) is 24.5 Å². The molecule has 0 atom stereocenters. The van der Waals surface area contributed by atoms with Crippen LogP contribution in [0.25, 0.3) is 5.95 Å². The molecule has 0 aliphatic rings. The maximum Gasteiger partial charge on any atom is 0.316 e. The van der Waals surface area contributed by atoms with Crippen LogP contribution in [0.5, 0.6) is 0 Å². The first-order valence-corrected chi connectivity index (χ1v) is 7.39. The lowest BCUT2D eigenvalue weighted by molar-refractivity contribution is -0.137. The number of carbonyl (C=O) groups is 1. The summed E-state index contributed by atoms with van der Waals surface area (Å²) >= 11 is 1.20. The Morgan fingerprint density at radius 3 is 2.95 bits per heavy atom. The highest BCUT2D eigenvalue weighted by molar-refractivity contribution is 7.99. The number of methoxy groups -OCH3 is 1. The van der Waals surface area contributed by atoms with Crippen LogP contribution in [0.15, 0.2) is 23.9 Å². The third kappa shape index (κ3) is 4.42. The van der Waals surface area contributed by atoms with E-state index in [0.717, 1.165) is 13.0 Å². The Morgan fingerprint density at radius 2 is 2.29 bits per heavy atom. The number of nitrogens with one attached hydrogen (secondary N) is 1. The molecule has 2 aromatic heterocycles. The van der Waals surface area contributed by atoms with Crippen LogP contribution in [0.1, 0.15) is 13.3 Å². The van der Waals surface area contributed by atoms with Crippen LogP contribution < -0.4 is 5.32 Å². The van der Waals surface area contributed by atoms with Gasteiger partial charge in [0.1, 0.15) is 6.33 Å². The molecule has 9 heteroatoms. The maximum atomic E-state index is 11.2. The molecule has 1 N–H and O–H groups in total. The molecule has 0 spiro atoms. The molecule has 0 aliphatic carbocycles. The summed E-state index contributed by atoms with van der Waals surface area (Å²) in [6.07, 6.45) is 5.95. The van der Waals surface area contributed by atoms with Crippen molar-refractivity contribution < 1.29 is 9.53 Å². The predicted octanol–water partition coefficient (Wildman–Crippen LogP) is 1.14. The van der Waals surface area contributed by atoms with Crippen LogP contribution in [0.3, 0.4) is 0 Å². The number of carbonyl (C=O) groups excluding carboxylic acids is 1. The minimum absolute atomic E-state index is 0.150. The minimum atomic E-state index is -0.326. The van der Waals surface area contributed by atoms with Gasteiger partial charge < -0.3 is 10.1 Å². The molecule has 112 valence electrons. The largest absolute Gasteiger partial charge is 0.468 e. The molecule has 0 amide bonds. The van der Waals surface area contributed by atoms with Crippen LogP contribution in [0, 0.1) is 0 Å². The van der Waals surface area contributed by atoms with E-state index in [1.165, 1.54) is 18.9 Å². The number of rotatable bonds is 7. The second kappa shape index (κ2) is 7.58. The summed E-state index contributed by atoms with van der Waals surface area (Å²) in [5.41, 5.74) is 0. The Labute approximate surface area is 126 Å². The van der Waals surface area contributed by atoms with E-state index in [0.29, 0.717) is 17.1 Å². The van der Waals surface area contributed by atoms with Crippen LogP contribution in [-0.4, -0.2) is 49.9 Å². The molecule has 2 heterocycles. The van der Waals surface area contributed by atoms with Gasteiger partial charge in [-0.25, -0.2) is 4.98 Å². The maximum absolute atomic E-state index is 11.2. The van der Waals surface area contributed by atoms with Crippen LogP contribution >= 0.6 is 11.8 Å². The molecule has 0 saturated carbocycles. The van der Waals surface area contributed by atoms with Crippen molar-refractivity contribution in [3.8, 4) is 5.95 Å². The molecule has 0 radical (unpaired) electrons. The first-order chi connectivity index (χ1) is 10.2. The van der Waals surface area contributed by atoms with Gasteiger partial charge in [-0.15, -0.1) is 0 Å². The molecule has 2 aromatic rings. The fraction of sp³-hybridized carbons (Fsp3) is 0.417. The Kier molecular flexibility index (Phi) is 5.50. The number of anilines is 1. The van der Waals surface area contributed by atoms with Gasteiger partial charge in [0.25, 0.3) is 0 Å². The van der Waals surface area contributed by atoms with E-state index < -0.39 is 0 Å². The van der Waals surface area contributed by atoms with Gasteiger partial charge in [-0.05, 0) is 6.42 Å². The van der Waals surface area contributed by atoms with Crippen molar-refractivity contribution in [3.05, 3.63) is 18.7 Å².